The van der Waals surface area contributed by atoms with Gasteiger partial charge in [-0.1, -0.05) is 20.8 Å². The first-order valence-corrected chi connectivity index (χ1v) is 6.00. The molecule has 0 fully saturated rings. The van der Waals surface area contributed by atoms with Crippen molar-refractivity contribution in [2.24, 2.45) is 5.41 Å². The Bertz CT molecular complexity index is 321. The zero-order valence-electron chi connectivity index (χ0n) is 11.3. The standard InChI is InChI=1S/C12H20F3NO3/c1-11(2,3)6-4-8(10(18)19)16-9(17)5-7-12(13,14)15/h8H,4-7H2,1-3H3,(H,16,17)(H,18,19). The topological polar surface area (TPSA) is 66.4 Å². The molecule has 7 heteroatoms. The number of nitrogens with one attached hydrogen (secondary N) is 1. The van der Waals surface area contributed by atoms with Crippen molar-refractivity contribution >= 4 is 11.9 Å². The summed E-state index contributed by atoms with van der Waals surface area (Å²) in [7, 11) is 0. The summed E-state index contributed by atoms with van der Waals surface area (Å²) in [6.45, 7) is 5.74. The highest BCUT2D eigenvalue weighted by Crippen LogP contribution is 2.23. The first kappa shape index (κ1) is 17.7. The zero-order chi connectivity index (χ0) is 15.3. The van der Waals surface area contributed by atoms with Crippen LogP contribution >= 0.6 is 0 Å². The SMILES string of the molecule is CC(C)(C)CCC(NC(=O)CCC(F)(F)F)C(=O)O. The second-order valence-electron chi connectivity index (χ2n) is 5.67. The second kappa shape index (κ2) is 6.77. The van der Waals surface area contributed by atoms with Gasteiger partial charge in [0.05, 0.1) is 6.42 Å². The monoisotopic (exact) mass is 283 g/mol. The van der Waals surface area contributed by atoms with Gasteiger partial charge in [0.25, 0.3) is 0 Å². The number of carbonyl (C=O) groups excluding carboxylic acids is 1. The molecule has 0 spiro atoms. The molecule has 0 aromatic carbocycles. The van der Waals surface area contributed by atoms with Gasteiger partial charge in [0.1, 0.15) is 6.04 Å². The molecule has 0 aromatic heterocycles. The Balaban J connectivity index is 4.28. The van der Waals surface area contributed by atoms with Crippen LogP contribution in [-0.2, 0) is 9.59 Å². The molecule has 112 valence electrons. The van der Waals surface area contributed by atoms with E-state index in [1.165, 1.54) is 0 Å². The highest BCUT2D eigenvalue weighted by Gasteiger charge is 2.29. The fraction of sp³-hybridized carbons (Fsp3) is 0.833. The summed E-state index contributed by atoms with van der Waals surface area (Å²) in [5.41, 5.74) is -0.107. The summed E-state index contributed by atoms with van der Waals surface area (Å²) >= 11 is 0. The molecule has 0 saturated carbocycles. The lowest BCUT2D eigenvalue weighted by atomic mass is 9.88. The van der Waals surface area contributed by atoms with Gasteiger partial charge in [-0.25, -0.2) is 4.79 Å². The maximum atomic E-state index is 11.9. The Morgan fingerprint density at radius 2 is 1.68 bits per heavy atom. The Morgan fingerprint density at radius 1 is 1.16 bits per heavy atom. The molecule has 0 radical (unpaired) electrons. The van der Waals surface area contributed by atoms with Gasteiger partial charge >= 0.3 is 12.1 Å². The van der Waals surface area contributed by atoms with Gasteiger partial charge in [0, 0.05) is 6.42 Å². The minimum atomic E-state index is -4.42. The summed E-state index contributed by atoms with van der Waals surface area (Å²) < 4.78 is 35.8. The predicted octanol–water partition coefficient (Wildman–Crippen LogP) is 2.72. The maximum Gasteiger partial charge on any atom is 0.389 e. The summed E-state index contributed by atoms with van der Waals surface area (Å²) in [5, 5.41) is 11.0. The molecule has 0 heterocycles. The maximum absolute atomic E-state index is 11.9. The summed E-state index contributed by atoms with van der Waals surface area (Å²) in [6, 6.07) is -1.14. The van der Waals surface area contributed by atoms with Crippen molar-refractivity contribution in [1.29, 1.82) is 0 Å². The summed E-state index contributed by atoms with van der Waals surface area (Å²) in [5.74, 6) is -2.12. The average molecular weight is 283 g/mol. The van der Waals surface area contributed by atoms with E-state index in [1.807, 2.05) is 20.8 Å². The van der Waals surface area contributed by atoms with E-state index in [0.717, 1.165) is 0 Å². The van der Waals surface area contributed by atoms with E-state index < -0.39 is 36.9 Å². The average Bonchev–Trinajstić information content (AvgIpc) is 2.18. The minimum Gasteiger partial charge on any atom is -0.480 e. The Kier molecular flexibility index (Phi) is 6.32. The van der Waals surface area contributed by atoms with E-state index in [-0.39, 0.29) is 11.8 Å². The molecule has 1 atom stereocenters. The van der Waals surface area contributed by atoms with Crippen molar-refractivity contribution in [1.82, 2.24) is 5.32 Å². The van der Waals surface area contributed by atoms with Crippen molar-refractivity contribution < 1.29 is 27.9 Å². The fourth-order valence-corrected chi connectivity index (χ4v) is 1.36. The number of aliphatic carboxylic acids is 1. The molecule has 0 bridgehead atoms. The third kappa shape index (κ3) is 10.3. The third-order valence-corrected chi connectivity index (χ3v) is 2.45. The van der Waals surface area contributed by atoms with Crippen LogP contribution in [0.1, 0.15) is 46.5 Å². The largest absolute Gasteiger partial charge is 0.480 e. The van der Waals surface area contributed by atoms with Crippen LogP contribution in [0.5, 0.6) is 0 Å². The van der Waals surface area contributed by atoms with Crippen LogP contribution in [0.2, 0.25) is 0 Å². The van der Waals surface area contributed by atoms with Crippen molar-refractivity contribution in [3.63, 3.8) is 0 Å². The van der Waals surface area contributed by atoms with Crippen LogP contribution in [0.25, 0.3) is 0 Å². The number of hydrogen-bond donors (Lipinski definition) is 2. The zero-order valence-corrected chi connectivity index (χ0v) is 11.3. The number of carboxylic acids is 1. The minimum absolute atomic E-state index is 0.107. The first-order chi connectivity index (χ1) is 8.41. The van der Waals surface area contributed by atoms with Gasteiger partial charge in [-0.2, -0.15) is 13.2 Å². The van der Waals surface area contributed by atoms with Gasteiger partial charge in [0.15, 0.2) is 0 Å². The van der Waals surface area contributed by atoms with E-state index >= 15 is 0 Å². The molecule has 1 unspecified atom stereocenters. The lowest BCUT2D eigenvalue weighted by molar-refractivity contribution is -0.147. The highest BCUT2D eigenvalue weighted by atomic mass is 19.4. The molecule has 2 N–H and O–H groups in total. The smallest absolute Gasteiger partial charge is 0.389 e. The van der Waals surface area contributed by atoms with Gasteiger partial charge in [-0.3, -0.25) is 4.79 Å². The van der Waals surface area contributed by atoms with Crippen LogP contribution in [-0.4, -0.2) is 29.2 Å². The van der Waals surface area contributed by atoms with Crippen LogP contribution in [0.3, 0.4) is 0 Å². The van der Waals surface area contributed by atoms with E-state index in [9.17, 15) is 22.8 Å². The molecule has 0 aromatic rings. The number of hydrogen-bond acceptors (Lipinski definition) is 2. The van der Waals surface area contributed by atoms with Crippen LogP contribution in [0, 0.1) is 5.41 Å². The van der Waals surface area contributed by atoms with E-state index in [1.54, 1.807) is 0 Å². The Hall–Kier alpha value is -1.27. The highest BCUT2D eigenvalue weighted by molar-refractivity contribution is 5.83. The lowest BCUT2D eigenvalue weighted by Crippen LogP contribution is -2.41. The van der Waals surface area contributed by atoms with Crippen LogP contribution in [0.15, 0.2) is 0 Å². The van der Waals surface area contributed by atoms with Crippen molar-refractivity contribution in [2.45, 2.75) is 58.7 Å². The van der Waals surface area contributed by atoms with Crippen molar-refractivity contribution in [3.05, 3.63) is 0 Å². The van der Waals surface area contributed by atoms with E-state index in [2.05, 4.69) is 5.32 Å². The molecule has 0 aliphatic carbocycles. The molecule has 1 amide bonds. The van der Waals surface area contributed by atoms with E-state index in [0.29, 0.717) is 6.42 Å². The summed E-state index contributed by atoms with van der Waals surface area (Å²) in [6.07, 6.45) is -5.67. The molecular weight excluding hydrogens is 263 g/mol. The quantitative estimate of drug-likeness (QED) is 0.787. The van der Waals surface area contributed by atoms with Crippen LogP contribution < -0.4 is 5.32 Å². The number of rotatable bonds is 6. The molecule has 0 aliphatic rings. The number of carbonyl (C=O) groups is 2. The predicted molar refractivity (Wildman–Crippen MR) is 63.5 cm³/mol. The number of halogens is 3. The second-order valence-corrected chi connectivity index (χ2v) is 5.67. The van der Waals surface area contributed by atoms with Gasteiger partial charge < -0.3 is 10.4 Å². The van der Waals surface area contributed by atoms with Gasteiger partial charge in [0.2, 0.25) is 5.91 Å². The molecule has 0 saturated heterocycles. The number of alkyl halides is 3. The normalized spacial score (nSPS) is 14.0. The molecule has 19 heavy (non-hydrogen) atoms. The molecule has 0 aliphatic heterocycles. The van der Waals surface area contributed by atoms with Crippen LogP contribution in [0.4, 0.5) is 13.2 Å². The number of amides is 1. The van der Waals surface area contributed by atoms with Gasteiger partial charge in [-0.15, -0.1) is 0 Å². The third-order valence-electron chi connectivity index (χ3n) is 2.45. The van der Waals surface area contributed by atoms with E-state index in [4.69, 9.17) is 5.11 Å². The molecule has 0 rings (SSSR count). The molecular formula is C12H20F3NO3. The summed E-state index contributed by atoms with van der Waals surface area (Å²) in [4.78, 5) is 22.2. The van der Waals surface area contributed by atoms with Crippen molar-refractivity contribution in [3.8, 4) is 0 Å². The number of carboxylic acid groups (broad SMARTS) is 1. The molecule has 4 nitrogen and oxygen atoms in total. The first-order valence-electron chi connectivity index (χ1n) is 6.00. The van der Waals surface area contributed by atoms with Crippen molar-refractivity contribution in [2.75, 3.05) is 0 Å². The Morgan fingerprint density at radius 3 is 2.05 bits per heavy atom. The fourth-order valence-electron chi connectivity index (χ4n) is 1.36. The lowest BCUT2D eigenvalue weighted by Gasteiger charge is -2.21. The Labute approximate surface area is 110 Å². The van der Waals surface area contributed by atoms with Gasteiger partial charge in [-0.05, 0) is 18.3 Å².